The molecule has 0 saturated heterocycles. The molecule has 0 aliphatic carbocycles. The standard InChI is InChI=1S/C11H14N4O/c1-7-4-10(6-16)5-11(12-7)15-9(3)13-8(2)14-15/h4-5,16H,6H2,1-3H3. The van der Waals surface area contributed by atoms with E-state index >= 15 is 0 Å². The van der Waals surface area contributed by atoms with Crippen molar-refractivity contribution < 1.29 is 5.11 Å². The van der Waals surface area contributed by atoms with Crippen LogP contribution in [-0.4, -0.2) is 24.9 Å². The van der Waals surface area contributed by atoms with Crippen LogP contribution in [-0.2, 0) is 6.61 Å². The van der Waals surface area contributed by atoms with Gasteiger partial charge in [0.15, 0.2) is 5.82 Å². The molecule has 0 aliphatic heterocycles. The zero-order valence-corrected chi connectivity index (χ0v) is 9.60. The van der Waals surface area contributed by atoms with Crippen molar-refractivity contribution in [1.82, 2.24) is 19.7 Å². The minimum Gasteiger partial charge on any atom is -0.392 e. The molecule has 0 atom stereocenters. The van der Waals surface area contributed by atoms with Gasteiger partial charge in [-0.1, -0.05) is 0 Å². The molecule has 84 valence electrons. The Morgan fingerprint density at radius 3 is 2.50 bits per heavy atom. The fourth-order valence-electron chi connectivity index (χ4n) is 1.66. The van der Waals surface area contributed by atoms with E-state index in [4.69, 9.17) is 5.11 Å². The molecule has 0 fully saturated rings. The van der Waals surface area contributed by atoms with Gasteiger partial charge in [0.25, 0.3) is 0 Å². The Morgan fingerprint density at radius 2 is 1.94 bits per heavy atom. The van der Waals surface area contributed by atoms with Crippen molar-refractivity contribution in [3.05, 3.63) is 35.0 Å². The van der Waals surface area contributed by atoms with Crippen LogP contribution in [0.5, 0.6) is 0 Å². The highest BCUT2D eigenvalue weighted by Crippen LogP contribution is 2.11. The fourth-order valence-corrected chi connectivity index (χ4v) is 1.66. The Morgan fingerprint density at radius 1 is 1.19 bits per heavy atom. The van der Waals surface area contributed by atoms with E-state index in [0.717, 1.165) is 17.1 Å². The van der Waals surface area contributed by atoms with Gasteiger partial charge in [-0.3, -0.25) is 0 Å². The van der Waals surface area contributed by atoms with Gasteiger partial charge in [0, 0.05) is 5.69 Å². The van der Waals surface area contributed by atoms with Crippen LogP contribution in [0.15, 0.2) is 12.1 Å². The topological polar surface area (TPSA) is 63.8 Å². The van der Waals surface area contributed by atoms with Gasteiger partial charge < -0.3 is 5.11 Å². The number of aromatic nitrogens is 4. The van der Waals surface area contributed by atoms with E-state index in [0.29, 0.717) is 11.6 Å². The summed E-state index contributed by atoms with van der Waals surface area (Å²) >= 11 is 0. The number of hydrogen-bond acceptors (Lipinski definition) is 4. The van der Waals surface area contributed by atoms with Crippen LogP contribution >= 0.6 is 0 Å². The molecule has 5 heteroatoms. The summed E-state index contributed by atoms with van der Waals surface area (Å²) in [6, 6.07) is 3.66. The summed E-state index contributed by atoms with van der Waals surface area (Å²) in [5, 5.41) is 13.4. The van der Waals surface area contributed by atoms with E-state index in [1.165, 1.54) is 0 Å². The van der Waals surface area contributed by atoms with Crippen molar-refractivity contribution in [2.75, 3.05) is 0 Å². The van der Waals surface area contributed by atoms with Crippen LogP contribution in [0.25, 0.3) is 5.82 Å². The number of aryl methyl sites for hydroxylation is 3. The molecule has 2 heterocycles. The van der Waals surface area contributed by atoms with Crippen molar-refractivity contribution in [3.63, 3.8) is 0 Å². The number of aliphatic hydroxyl groups excluding tert-OH is 1. The predicted molar refractivity (Wildman–Crippen MR) is 59.3 cm³/mol. The molecule has 0 spiro atoms. The number of hydrogen-bond donors (Lipinski definition) is 1. The van der Waals surface area contributed by atoms with Gasteiger partial charge in [-0.05, 0) is 38.5 Å². The molecule has 2 rings (SSSR count). The Hall–Kier alpha value is -1.75. The summed E-state index contributed by atoms with van der Waals surface area (Å²) in [6.07, 6.45) is 0. The molecule has 2 aromatic heterocycles. The lowest BCUT2D eigenvalue weighted by molar-refractivity contribution is 0.281. The predicted octanol–water partition coefficient (Wildman–Crippen LogP) is 1.08. The number of pyridine rings is 1. The van der Waals surface area contributed by atoms with Gasteiger partial charge in [0.2, 0.25) is 0 Å². The average molecular weight is 218 g/mol. The zero-order chi connectivity index (χ0) is 11.7. The van der Waals surface area contributed by atoms with E-state index in [-0.39, 0.29) is 6.61 Å². The summed E-state index contributed by atoms with van der Waals surface area (Å²) in [7, 11) is 0. The second-order valence-electron chi connectivity index (χ2n) is 3.75. The molecule has 5 nitrogen and oxygen atoms in total. The maximum absolute atomic E-state index is 9.13. The zero-order valence-electron chi connectivity index (χ0n) is 9.60. The minimum absolute atomic E-state index is 0.00306. The fraction of sp³-hybridized carbons (Fsp3) is 0.364. The molecular weight excluding hydrogens is 204 g/mol. The van der Waals surface area contributed by atoms with Gasteiger partial charge in [-0.15, -0.1) is 5.10 Å². The van der Waals surface area contributed by atoms with Crippen LogP contribution in [0.1, 0.15) is 22.9 Å². The number of aliphatic hydroxyl groups is 1. The third-order valence-corrected chi connectivity index (χ3v) is 2.27. The lowest BCUT2D eigenvalue weighted by Gasteiger charge is -2.05. The van der Waals surface area contributed by atoms with Crippen molar-refractivity contribution in [2.24, 2.45) is 0 Å². The molecule has 1 N–H and O–H groups in total. The Balaban J connectivity index is 2.55. The molecule has 0 unspecified atom stereocenters. The minimum atomic E-state index is 0.00306. The van der Waals surface area contributed by atoms with E-state index in [9.17, 15) is 0 Å². The first-order valence-electron chi connectivity index (χ1n) is 5.09. The molecule has 0 bridgehead atoms. The van der Waals surface area contributed by atoms with Crippen LogP contribution in [0, 0.1) is 20.8 Å². The highest BCUT2D eigenvalue weighted by Gasteiger charge is 2.07. The van der Waals surface area contributed by atoms with Crippen LogP contribution in [0.3, 0.4) is 0 Å². The number of nitrogens with zero attached hydrogens (tertiary/aromatic N) is 4. The molecular formula is C11H14N4O. The molecule has 2 aromatic rings. The SMILES string of the molecule is Cc1cc(CO)cc(-n2nc(C)nc2C)n1. The first-order chi connectivity index (χ1) is 7.60. The van der Waals surface area contributed by atoms with Crippen molar-refractivity contribution >= 4 is 0 Å². The first-order valence-corrected chi connectivity index (χ1v) is 5.09. The largest absolute Gasteiger partial charge is 0.392 e. The third kappa shape index (κ3) is 1.94. The van der Waals surface area contributed by atoms with Crippen molar-refractivity contribution in [1.29, 1.82) is 0 Å². The van der Waals surface area contributed by atoms with E-state index in [2.05, 4.69) is 15.1 Å². The highest BCUT2D eigenvalue weighted by atomic mass is 16.3. The van der Waals surface area contributed by atoms with Crippen LogP contribution in [0.2, 0.25) is 0 Å². The lowest BCUT2D eigenvalue weighted by Crippen LogP contribution is -2.04. The summed E-state index contributed by atoms with van der Waals surface area (Å²) < 4.78 is 1.68. The van der Waals surface area contributed by atoms with Crippen LogP contribution < -0.4 is 0 Å². The van der Waals surface area contributed by atoms with Gasteiger partial charge in [0.1, 0.15) is 11.6 Å². The Kier molecular flexibility index (Phi) is 2.70. The second kappa shape index (κ2) is 4.02. The number of rotatable bonds is 2. The first kappa shape index (κ1) is 10.8. The second-order valence-corrected chi connectivity index (χ2v) is 3.75. The molecule has 16 heavy (non-hydrogen) atoms. The smallest absolute Gasteiger partial charge is 0.156 e. The highest BCUT2D eigenvalue weighted by molar-refractivity contribution is 5.30. The van der Waals surface area contributed by atoms with E-state index < -0.39 is 0 Å². The molecule has 0 aliphatic rings. The van der Waals surface area contributed by atoms with E-state index in [1.54, 1.807) is 4.68 Å². The maximum Gasteiger partial charge on any atom is 0.156 e. The normalized spacial score (nSPS) is 10.8. The molecule has 0 saturated carbocycles. The Bertz CT molecular complexity index is 519. The summed E-state index contributed by atoms with van der Waals surface area (Å²) in [6.45, 7) is 5.61. The quantitative estimate of drug-likeness (QED) is 0.819. The summed E-state index contributed by atoms with van der Waals surface area (Å²) in [5.74, 6) is 2.20. The molecule has 0 aromatic carbocycles. The van der Waals surface area contributed by atoms with Gasteiger partial charge in [-0.2, -0.15) is 4.68 Å². The summed E-state index contributed by atoms with van der Waals surface area (Å²) in [5.41, 5.74) is 1.68. The van der Waals surface area contributed by atoms with Gasteiger partial charge >= 0.3 is 0 Å². The van der Waals surface area contributed by atoms with Gasteiger partial charge in [0.05, 0.1) is 6.61 Å². The Labute approximate surface area is 93.8 Å². The van der Waals surface area contributed by atoms with Gasteiger partial charge in [-0.25, -0.2) is 9.97 Å². The molecule has 0 amide bonds. The van der Waals surface area contributed by atoms with Crippen molar-refractivity contribution in [2.45, 2.75) is 27.4 Å². The lowest BCUT2D eigenvalue weighted by atomic mass is 10.2. The maximum atomic E-state index is 9.13. The average Bonchev–Trinajstić information content (AvgIpc) is 2.57. The van der Waals surface area contributed by atoms with E-state index in [1.807, 2.05) is 32.9 Å². The van der Waals surface area contributed by atoms with Crippen LogP contribution in [0.4, 0.5) is 0 Å². The summed E-state index contributed by atoms with van der Waals surface area (Å²) in [4.78, 5) is 8.60. The molecule has 0 radical (unpaired) electrons. The van der Waals surface area contributed by atoms with Crippen molar-refractivity contribution in [3.8, 4) is 5.82 Å². The monoisotopic (exact) mass is 218 g/mol. The third-order valence-electron chi connectivity index (χ3n) is 2.27.